The fourth-order valence-corrected chi connectivity index (χ4v) is 1.73. The standard InChI is InChI=1S/C14H22N2O2/c1-11(2)8-13(9-15)14(17)16-18-10-12-6-4-3-5-7-12/h3-7,11,13H,8-10,15H2,1-2H3,(H,16,17). The number of hydrogen-bond donors (Lipinski definition) is 2. The molecule has 1 unspecified atom stereocenters. The first kappa shape index (κ1) is 14.7. The molecule has 18 heavy (non-hydrogen) atoms. The molecule has 0 aliphatic heterocycles. The molecule has 0 radical (unpaired) electrons. The minimum atomic E-state index is -0.180. The second-order valence-corrected chi connectivity index (χ2v) is 4.80. The monoisotopic (exact) mass is 250 g/mol. The van der Waals surface area contributed by atoms with E-state index in [4.69, 9.17) is 10.6 Å². The van der Waals surface area contributed by atoms with Crippen LogP contribution in [0, 0.1) is 11.8 Å². The summed E-state index contributed by atoms with van der Waals surface area (Å²) in [4.78, 5) is 17.0. The van der Waals surface area contributed by atoms with Crippen molar-refractivity contribution in [3.63, 3.8) is 0 Å². The van der Waals surface area contributed by atoms with Crippen molar-refractivity contribution >= 4 is 5.91 Å². The van der Waals surface area contributed by atoms with Crippen LogP contribution in [0.25, 0.3) is 0 Å². The van der Waals surface area contributed by atoms with E-state index >= 15 is 0 Å². The Morgan fingerprint density at radius 2 is 2.00 bits per heavy atom. The molecule has 1 amide bonds. The van der Waals surface area contributed by atoms with Gasteiger partial charge in [0.2, 0.25) is 5.91 Å². The zero-order chi connectivity index (χ0) is 13.4. The number of hydrogen-bond acceptors (Lipinski definition) is 3. The Bertz CT molecular complexity index is 352. The number of carbonyl (C=O) groups excluding carboxylic acids is 1. The highest BCUT2D eigenvalue weighted by Crippen LogP contribution is 2.10. The molecular weight excluding hydrogens is 228 g/mol. The third-order valence-corrected chi connectivity index (χ3v) is 2.67. The third kappa shape index (κ3) is 5.29. The van der Waals surface area contributed by atoms with Crippen molar-refractivity contribution in [2.75, 3.05) is 6.54 Å². The van der Waals surface area contributed by atoms with Crippen LogP contribution in [0.3, 0.4) is 0 Å². The number of nitrogens with one attached hydrogen (secondary N) is 1. The molecule has 100 valence electrons. The number of benzene rings is 1. The molecular formula is C14H22N2O2. The van der Waals surface area contributed by atoms with Crippen LogP contribution in [0.1, 0.15) is 25.8 Å². The molecule has 0 saturated heterocycles. The topological polar surface area (TPSA) is 64.4 Å². The fraction of sp³-hybridized carbons (Fsp3) is 0.500. The Kier molecular flexibility index (Phi) is 6.39. The Balaban J connectivity index is 2.31. The number of nitrogens with two attached hydrogens (primary N) is 1. The Morgan fingerprint density at radius 3 is 2.56 bits per heavy atom. The average molecular weight is 250 g/mol. The quantitative estimate of drug-likeness (QED) is 0.726. The number of hydroxylamine groups is 1. The molecule has 1 rings (SSSR count). The van der Waals surface area contributed by atoms with Crippen LogP contribution in [0.5, 0.6) is 0 Å². The van der Waals surface area contributed by atoms with Gasteiger partial charge in [-0.25, -0.2) is 5.48 Å². The maximum absolute atomic E-state index is 11.8. The lowest BCUT2D eigenvalue weighted by Crippen LogP contribution is -2.35. The molecule has 4 heteroatoms. The SMILES string of the molecule is CC(C)CC(CN)C(=O)NOCc1ccccc1. The van der Waals surface area contributed by atoms with Gasteiger partial charge in [-0.05, 0) is 17.9 Å². The lowest BCUT2D eigenvalue weighted by Gasteiger charge is -2.16. The van der Waals surface area contributed by atoms with Gasteiger partial charge in [0.25, 0.3) is 0 Å². The van der Waals surface area contributed by atoms with Gasteiger partial charge in [0.1, 0.15) is 0 Å². The summed E-state index contributed by atoms with van der Waals surface area (Å²) in [6.07, 6.45) is 0.775. The third-order valence-electron chi connectivity index (χ3n) is 2.67. The summed E-state index contributed by atoms with van der Waals surface area (Å²) in [6, 6.07) is 9.69. The summed E-state index contributed by atoms with van der Waals surface area (Å²) >= 11 is 0. The molecule has 0 fully saturated rings. The lowest BCUT2D eigenvalue weighted by atomic mass is 9.97. The highest BCUT2D eigenvalue weighted by molar-refractivity contribution is 5.77. The number of carbonyl (C=O) groups is 1. The Labute approximate surface area is 108 Å². The highest BCUT2D eigenvalue weighted by Gasteiger charge is 2.18. The Morgan fingerprint density at radius 1 is 1.33 bits per heavy atom. The van der Waals surface area contributed by atoms with Crippen molar-refractivity contribution < 1.29 is 9.63 Å². The van der Waals surface area contributed by atoms with Crippen molar-refractivity contribution in [3.05, 3.63) is 35.9 Å². The highest BCUT2D eigenvalue weighted by atomic mass is 16.6. The number of amides is 1. The Hall–Kier alpha value is -1.39. The maximum Gasteiger partial charge on any atom is 0.247 e. The van der Waals surface area contributed by atoms with E-state index in [1.807, 2.05) is 30.3 Å². The molecule has 0 heterocycles. The van der Waals surface area contributed by atoms with E-state index in [1.54, 1.807) is 0 Å². The molecule has 1 aromatic carbocycles. The second kappa shape index (κ2) is 7.84. The van der Waals surface area contributed by atoms with Crippen LogP contribution in [0.15, 0.2) is 30.3 Å². The van der Waals surface area contributed by atoms with Crippen LogP contribution in [-0.2, 0) is 16.2 Å². The molecule has 0 saturated carbocycles. The summed E-state index contributed by atoms with van der Waals surface area (Å²) in [5, 5.41) is 0. The van der Waals surface area contributed by atoms with Gasteiger partial charge < -0.3 is 5.73 Å². The van der Waals surface area contributed by atoms with E-state index in [1.165, 1.54) is 0 Å². The van der Waals surface area contributed by atoms with Gasteiger partial charge in [0.15, 0.2) is 0 Å². The van der Waals surface area contributed by atoms with Crippen molar-refractivity contribution in [2.24, 2.45) is 17.6 Å². The largest absolute Gasteiger partial charge is 0.330 e. The lowest BCUT2D eigenvalue weighted by molar-refractivity contribution is -0.139. The zero-order valence-electron chi connectivity index (χ0n) is 11.1. The van der Waals surface area contributed by atoms with Gasteiger partial charge >= 0.3 is 0 Å². The first-order chi connectivity index (χ1) is 8.63. The summed E-state index contributed by atoms with van der Waals surface area (Å²) in [7, 11) is 0. The van der Waals surface area contributed by atoms with Gasteiger partial charge in [0.05, 0.1) is 12.5 Å². The van der Waals surface area contributed by atoms with Crippen molar-refractivity contribution in [2.45, 2.75) is 26.9 Å². The molecule has 4 nitrogen and oxygen atoms in total. The first-order valence-electron chi connectivity index (χ1n) is 6.29. The van der Waals surface area contributed by atoms with Crippen LogP contribution >= 0.6 is 0 Å². The van der Waals surface area contributed by atoms with Gasteiger partial charge in [-0.3, -0.25) is 9.63 Å². The summed E-state index contributed by atoms with van der Waals surface area (Å²) in [6.45, 7) is 4.85. The molecule has 0 aliphatic rings. The van der Waals surface area contributed by atoms with E-state index in [0.717, 1.165) is 12.0 Å². The van der Waals surface area contributed by atoms with Crippen LogP contribution < -0.4 is 11.2 Å². The number of rotatable bonds is 7. The molecule has 1 atom stereocenters. The molecule has 1 aromatic rings. The van der Waals surface area contributed by atoms with E-state index in [2.05, 4.69) is 19.3 Å². The van der Waals surface area contributed by atoms with E-state index < -0.39 is 0 Å². The van der Waals surface area contributed by atoms with Gasteiger partial charge in [-0.2, -0.15) is 0 Å². The van der Waals surface area contributed by atoms with Gasteiger partial charge in [-0.15, -0.1) is 0 Å². The molecule has 0 spiro atoms. The van der Waals surface area contributed by atoms with E-state index in [-0.39, 0.29) is 11.8 Å². The molecule has 0 aliphatic carbocycles. The summed E-state index contributed by atoms with van der Waals surface area (Å²) in [5.74, 6) is 0.126. The minimum absolute atomic E-state index is 0.137. The molecule has 0 aromatic heterocycles. The first-order valence-corrected chi connectivity index (χ1v) is 6.29. The second-order valence-electron chi connectivity index (χ2n) is 4.80. The smallest absolute Gasteiger partial charge is 0.247 e. The predicted molar refractivity (Wildman–Crippen MR) is 71.4 cm³/mol. The predicted octanol–water partition coefficient (Wildman–Crippen LogP) is 1.86. The van der Waals surface area contributed by atoms with Gasteiger partial charge in [-0.1, -0.05) is 44.2 Å². The fourth-order valence-electron chi connectivity index (χ4n) is 1.73. The summed E-state index contributed by atoms with van der Waals surface area (Å²) < 4.78 is 0. The molecule has 3 N–H and O–H groups in total. The van der Waals surface area contributed by atoms with Crippen molar-refractivity contribution in [1.29, 1.82) is 0 Å². The van der Waals surface area contributed by atoms with E-state index in [0.29, 0.717) is 19.1 Å². The van der Waals surface area contributed by atoms with Crippen molar-refractivity contribution in [3.8, 4) is 0 Å². The zero-order valence-corrected chi connectivity index (χ0v) is 11.1. The maximum atomic E-state index is 11.8. The van der Waals surface area contributed by atoms with Crippen LogP contribution in [0.2, 0.25) is 0 Å². The van der Waals surface area contributed by atoms with Crippen molar-refractivity contribution in [1.82, 2.24) is 5.48 Å². The van der Waals surface area contributed by atoms with Crippen LogP contribution in [-0.4, -0.2) is 12.5 Å². The summed E-state index contributed by atoms with van der Waals surface area (Å²) in [5.41, 5.74) is 9.08. The van der Waals surface area contributed by atoms with E-state index in [9.17, 15) is 4.79 Å². The molecule has 0 bridgehead atoms. The van der Waals surface area contributed by atoms with Crippen LogP contribution in [0.4, 0.5) is 0 Å². The minimum Gasteiger partial charge on any atom is -0.330 e. The average Bonchev–Trinajstić information content (AvgIpc) is 2.36. The van der Waals surface area contributed by atoms with Gasteiger partial charge in [0, 0.05) is 6.54 Å². The normalized spacial score (nSPS) is 12.4.